The quantitative estimate of drug-likeness (QED) is 0.129. The first-order chi connectivity index (χ1) is 25.0. The van der Waals surface area contributed by atoms with Gasteiger partial charge in [0.2, 0.25) is 0 Å². The lowest BCUT2D eigenvalue weighted by Gasteiger charge is -2.43. The fourth-order valence-corrected chi connectivity index (χ4v) is 7.48. The highest BCUT2D eigenvalue weighted by molar-refractivity contribution is 5.93. The SMILES string of the molecule is C=CCN(C[C@@H]1O[C@H](c2ccc(-c3ccccc3CNC(=O)c3cnc4ccccc4n3)cc2)O[C@H](c2ccc(CO)cc2)[C@@H]1C)C1CCCC1. The van der Waals surface area contributed by atoms with E-state index in [9.17, 15) is 9.90 Å². The summed E-state index contributed by atoms with van der Waals surface area (Å²) in [5.41, 5.74) is 7.69. The third kappa shape index (κ3) is 7.95. The molecule has 5 aromatic rings. The third-order valence-electron chi connectivity index (χ3n) is 10.4. The molecule has 2 aliphatic rings. The molecule has 1 aromatic heterocycles. The molecule has 0 bridgehead atoms. The number of hydrogen-bond acceptors (Lipinski definition) is 7. The Morgan fingerprint density at radius 2 is 1.63 bits per heavy atom. The van der Waals surface area contributed by atoms with Gasteiger partial charge in [-0.1, -0.05) is 111 Å². The van der Waals surface area contributed by atoms with Crippen LogP contribution in [0.15, 0.2) is 116 Å². The minimum atomic E-state index is -0.547. The van der Waals surface area contributed by atoms with E-state index in [4.69, 9.17) is 9.47 Å². The van der Waals surface area contributed by atoms with E-state index in [1.54, 1.807) is 0 Å². The van der Waals surface area contributed by atoms with Crippen molar-refractivity contribution < 1.29 is 19.4 Å². The van der Waals surface area contributed by atoms with Gasteiger partial charge in [0.1, 0.15) is 5.69 Å². The van der Waals surface area contributed by atoms with Crippen LogP contribution in [-0.4, -0.2) is 51.1 Å². The Morgan fingerprint density at radius 1 is 0.922 bits per heavy atom. The lowest BCUT2D eigenvalue weighted by molar-refractivity contribution is -0.276. The number of ether oxygens (including phenoxy) is 2. The number of para-hydroxylation sites is 2. The first-order valence-electron chi connectivity index (χ1n) is 18.0. The highest BCUT2D eigenvalue weighted by Crippen LogP contribution is 2.42. The van der Waals surface area contributed by atoms with Crippen LogP contribution in [0.2, 0.25) is 0 Å². The summed E-state index contributed by atoms with van der Waals surface area (Å²) >= 11 is 0. The zero-order valence-corrected chi connectivity index (χ0v) is 29.2. The molecule has 8 nitrogen and oxygen atoms in total. The molecule has 7 rings (SSSR count). The third-order valence-corrected chi connectivity index (χ3v) is 10.4. The molecule has 0 unspecified atom stereocenters. The lowest BCUT2D eigenvalue weighted by atomic mass is 9.89. The van der Waals surface area contributed by atoms with E-state index >= 15 is 0 Å². The predicted octanol–water partition coefficient (Wildman–Crippen LogP) is 7.94. The van der Waals surface area contributed by atoms with Crippen molar-refractivity contribution in [2.24, 2.45) is 5.92 Å². The van der Waals surface area contributed by atoms with Crippen LogP contribution < -0.4 is 5.32 Å². The molecule has 1 amide bonds. The van der Waals surface area contributed by atoms with Crippen molar-refractivity contribution in [3.63, 3.8) is 0 Å². The van der Waals surface area contributed by atoms with Crippen molar-refractivity contribution in [3.05, 3.63) is 144 Å². The number of amides is 1. The monoisotopic (exact) mass is 682 g/mol. The highest BCUT2D eigenvalue weighted by atomic mass is 16.7. The molecule has 2 N–H and O–H groups in total. The van der Waals surface area contributed by atoms with Crippen LogP contribution in [0.4, 0.5) is 0 Å². The van der Waals surface area contributed by atoms with Gasteiger partial charge in [0.15, 0.2) is 6.29 Å². The van der Waals surface area contributed by atoms with Gasteiger partial charge in [-0.2, -0.15) is 0 Å². The van der Waals surface area contributed by atoms with Gasteiger partial charge in [0, 0.05) is 37.2 Å². The molecular weight excluding hydrogens is 636 g/mol. The number of aromatic nitrogens is 2. The fourth-order valence-electron chi connectivity index (χ4n) is 7.48. The Labute approximate surface area is 300 Å². The van der Waals surface area contributed by atoms with Crippen molar-refractivity contribution in [2.75, 3.05) is 13.1 Å². The Bertz CT molecular complexity index is 1940. The van der Waals surface area contributed by atoms with E-state index < -0.39 is 6.29 Å². The number of hydrogen-bond donors (Lipinski definition) is 2. The largest absolute Gasteiger partial charge is 0.392 e. The number of aliphatic hydroxyl groups excluding tert-OH is 1. The number of rotatable bonds is 12. The normalized spacial score (nSPS) is 20.8. The molecular formula is C43H46N4O4. The summed E-state index contributed by atoms with van der Waals surface area (Å²) in [4.78, 5) is 24.5. The Morgan fingerprint density at radius 3 is 2.37 bits per heavy atom. The van der Waals surface area contributed by atoms with E-state index in [1.165, 1.54) is 31.9 Å². The average Bonchev–Trinajstić information content (AvgIpc) is 3.73. The summed E-state index contributed by atoms with van der Waals surface area (Å²) in [6.07, 6.45) is 7.71. The second kappa shape index (κ2) is 16.1. The summed E-state index contributed by atoms with van der Waals surface area (Å²) in [5, 5.41) is 12.7. The van der Waals surface area contributed by atoms with Crippen molar-refractivity contribution in [2.45, 2.75) is 70.3 Å². The number of nitrogens with zero attached hydrogens (tertiary/aromatic N) is 3. The zero-order valence-electron chi connectivity index (χ0n) is 29.2. The van der Waals surface area contributed by atoms with Crippen LogP contribution in [0.1, 0.15) is 77.7 Å². The number of benzene rings is 4. The van der Waals surface area contributed by atoms with E-state index in [-0.39, 0.29) is 36.3 Å². The molecule has 262 valence electrons. The molecule has 1 aliphatic heterocycles. The number of nitrogens with one attached hydrogen (secondary N) is 1. The predicted molar refractivity (Wildman–Crippen MR) is 200 cm³/mol. The Kier molecular flexibility index (Phi) is 10.9. The van der Waals surface area contributed by atoms with Crippen molar-refractivity contribution in [1.82, 2.24) is 20.2 Å². The van der Waals surface area contributed by atoms with Crippen LogP contribution in [0.5, 0.6) is 0 Å². The van der Waals surface area contributed by atoms with Crippen LogP contribution in [0.25, 0.3) is 22.2 Å². The van der Waals surface area contributed by atoms with E-state index in [0.29, 0.717) is 18.1 Å². The molecule has 2 heterocycles. The Balaban J connectivity index is 1.10. The van der Waals surface area contributed by atoms with Crippen LogP contribution in [0.3, 0.4) is 0 Å². The summed E-state index contributed by atoms with van der Waals surface area (Å²) in [6, 6.07) is 32.6. The van der Waals surface area contributed by atoms with Gasteiger partial charge in [-0.3, -0.25) is 14.7 Å². The first kappa shape index (κ1) is 34.7. The Hall–Kier alpha value is -4.73. The van der Waals surface area contributed by atoms with E-state index in [2.05, 4.69) is 76.2 Å². The topological polar surface area (TPSA) is 96.8 Å². The number of fused-ring (bicyclic) bond motifs is 1. The smallest absolute Gasteiger partial charge is 0.271 e. The van der Waals surface area contributed by atoms with Crippen molar-refractivity contribution in [1.29, 1.82) is 0 Å². The molecule has 51 heavy (non-hydrogen) atoms. The highest BCUT2D eigenvalue weighted by Gasteiger charge is 2.40. The maximum atomic E-state index is 13.1. The van der Waals surface area contributed by atoms with Crippen molar-refractivity contribution in [3.8, 4) is 11.1 Å². The van der Waals surface area contributed by atoms with Crippen molar-refractivity contribution >= 4 is 16.9 Å². The summed E-state index contributed by atoms with van der Waals surface area (Å²) in [6.45, 7) is 8.28. The summed E-state index contributed by atoms with van der Waals surface area (Å²) < 4.78 is 13.6. The van der Waals surface area contributed by atoms with Gasteiger partial charge < -0.3 is 19.9 Å². The first-order valence-corrected chi connectivity index (χ1v) is 18.0. The second-order valence-corrected chi connectivity index (χ2v) is 13.7. The van der Waals surface area contributed by atoms with E-state index in [0.717, 1.165) is 52.0 Å². The number of carbonyl (C=O) groups is 1. The van der Waals surface area contributed by atoms with Gasteiger partial charge in [-0.25, -0.2) is 4.98 Å². The summed E-state index contributed by atoms with van der Waals surface area (Å²) in [7, 11) is 0. The van der Waals surface area contributed by atoms with Gasteiger partial charge in [-0.05, 0) is 52.8 Å². The molecule has 4 aromatic carbocycles. The zero-order chi connectivity index (χ0) is 35.2. The van der Waals surface area contributed by atoms with Gasteiger partial charge in [-0.15, -0.1) is 6.58 Å². The average molecular weight is 683 g/mol. The molecule has 4 atom stereocenters. The summed E-state index contributed by atoms with van der Waals surface area (Å²) in [5.74, 6) is -0.161. The van der Waals surface area contributed by atoms with E-state index in [1.807, 2.05) is 60.7 Å². The molecule has 0 radical (unpaired) electrons. The number of carbonyl (C=O) groups excluding carboxylic acids is 1. The maximum Gasteiger partial charge on any atom is 0.271 e. The minimum absolute atomic E-state index is 0.00854. The maximum absolute atomic E-state index is 13.1. The molecule has 8 heteroatoms. The van der Waals surface area contributed by atoms with Crippen LogP contribution in [-0.2, 0) is 22.6 Å². The molecule has 1 saturated carbocycles. The molecule has 1 aliphatic carbocycles. The van der Waals surface area contributed by atoms with Gasteiger partial charge >= 0.3 is 0 Å². The van der Waals surface area contributed by atoms with Crippen LogP contribution in [0, 0.1) is 5.92 Å². The lowest BCUT2D eigenvalue weighted by Crippen LogP contribution is -2.47. The standard InChI is InChI=1S/C43H46N4O4/c1-3-24-47(35-11-5-6-12-35)27-40-29(2)41(32-18-16-30(28-48)17-19-32)51-43(50-40)33-22-20-31(21-23-33)36-13-7-4-10-34(36)25-45-42(49)39-26-44-37-14-8-9-15-38(37)46-39/h3-4,7-10,13-23,26,29,35,40-41,43,48H,1,5-6,11-12,24-25,27-28H2,2H3,(H,45,49)/t29-,40+,41+,43+/m1/s1. The fraction of sp³-hybridized carbons (Fsp3) is 0.326. The minimum Gasteiger partial charge on any atom is -0.392 e. The van der Waals surface area contributed by atoms with Crippen LogP contribution >= 0.6 is 0 Å². The molecule has 2 fully saturated rings. The number of aliphatic hydroxyl groups is 1. The second-order valence-electron chi connectivity index (χ2n) is 13.7. The van der Waals surface area contributed by atoms with Gasteiger partial charge in [0.05, 0.1) is 36.0 Å². The van der Waals surface area contributed by atoms with Gasteiger partial charge in [0.25, 0.3) is 5.91 Å². The molecule has 0 spiro atoms. The molecule has 1 saturated heterocycles.